The molecule has 1 aliphatic rings. The van der Waals surface area contributed by atoms with E-state index in [0.717, 1.165) is 47.6 Å². The first-order valence-electron chi connectivity index (χ1n) is 11.0. The van der Waals surface area contributed by atoms with E-state index < -0.39 is 0 Å². The highest BCUT2D eigenvalue weighted by Gasteiger charge is 2.27. The minimum atomic E-state index is -0.0857. The summed E-state index contributed by atoms with van der Waals surface area (Å²) in [5.74, 6) is 1.64. The Bertz CT molecular complexity index is 1270. The van der Waals surface area contributed by atoms with Crippen LogP contribution in [0, 0.1) is 11.3 Å². The Morgan fingerprint density at radius 2 is 1.79 bits per heavy atom. The SMILES string of the molecule is COc1ccccc1Sc1cnc2nc(N3CCC(C)(N)CC3)[nH]c2n1.N#Cc1ccccc1. The molecule has 0 radical (unpaired) electrons. The molecule has 34 heavy (non-hydrogen) atoms. The lowest BCUT2D eigenvalue weighted by atomic mass is 9.91. The van der Waals surface area contributed by atoms with Gasteiger partial charge in [-0.25, -0.2) is 9.97 Å². The van der Waals surface area contributed by atoms with E-state index in [2.05, 4.69) is 31.8 Å². The summed E-state index contributed by atoms with van der Waals surface area (Å²) >= 11 is 1.52. The number of H-pyrrole nitrogens is 1. The van der Waals surface area contributed by atoms with Crippen molar-refractivity contribution in [3.8, 4) is 11.8 Å². The van der Waals surface area contributed by atoms with Crippen LogP contribution >= 0.6 is 11.8 Å². The van der Waals surface area contributed by atoms with Crippen molar-refractivity contribution in [2.75, 3.05) is 25.1 Å². The Kier molecular flexibility index (Phi) is 7.30. The number of nitrogens with two attached hydrogens (primary N) is 1. The highest BCUT2D eigenvalue weighted by atomic mass is 32.2. The molecule has 1 aliphatic heterocycles. The molecule has 1 saturated heterocycles. The number of benzene rings is 2. The van der Waals surface area contributed by atoms with E-state index in [1.807, 2.05) is 48.5 Å². The Balaban J connectivity index is 0.000000291. The van der Waals surface area contributed by atoms with Crippen molar-refractivity contribution in [1.82, 2.24) is 19.9 Å². The number of methoxy groups -OCH3 is 1. The van der Waals surface area contributed by atoms with E-state index in [1.54, 1.807) is 25.4 Å². The van der Waals surface area contributed by atoms with Crippen LogP contribution < -0.4 is 15.4 Å². The summed E-state index contributed by atoms with van der Waals surface area (Å²) < 4.78 is 5.40. The predicted octanol–water partition coefficient (Wildman–Crippen LogP) is 4.39. The lowest BCUT2D eigenvalue weighted by Gasteiger charge is -2.36. The van der Waals surface area contributed by atoms with Crippen molar-refractivity contribution in [3.05, 3.63) is 66.4 Å². The summed E-state index contributed by atoms with van der Waals surface area (Å²) in [6.07, 6.45) is 3.64. The number of nitrogens with one attached hydrogen (secondary N) is 1. The topological polar surface area (TPSA) is 117 Å². The second-order valence-electron chi connectivity index (χ2n) is 8.31. The monoisotopic (exact) mass is 473 g/mol. The zero-order chi connectivity index (χ0) is 24.0. The third-order valence-electron chi connectivity index (χ3n) is 5.56. The number of nitrogens with zero attached hydrogens (tertiary/aromatic N) is 5. The van der Waals surface area contributed by atoms with E-state index in [9.17, 15) is 0 Å². The van der Waals surface area contributed by atoms with Crippen molar-refractivity contribution in [2.24, 2.45) is 5.73 Å². The standard InChI is InChI=1S/C18H22N6OS.C7H5N/c1-18(19)7-9-24(10-8-18)17-22-15-16(23-17)21-14(11-20-15)26-13-6-4-3-5-12(13)25-2;8-6-7-4-2-1-3-5-7/h3-6,11H,7-10,19H2,1-2H3,(H,20,21,22,23);1-5H. The number of nitriles is 1. The third kappa shape index (κ3) is 5.84. The Morgan fingerprint density at radius 3 is 2.47 bits per heavy atom. The zero-order valence-corrected chi connectivity index (χ0v) is 20.0. The molecular weight excluding hydrogens is 446 g/mol. The maximum absolute atomic E-state index is 8.29. The number of ether oxygens (including phenoxy) is 1. The van der Waals surface area contributed by atoms with Gasteiger partial charge in [-0.1, -0.05) is 42.1 Å². The van der Waals surface area contributed by atoms with Crippen LogP contribution in [0.25, 0.3) is 11.3 Å². The lowest BCUT2D eigenvalue weighted by Crippen LogP contribution is -2.48. The second kappa shape index (κ2) is 10.5. The van der Waals surface area contributed by atoms with Gasteiger partial charge in [0.2, 0.25) is 5.95 Å². The highest BCUT2D eigenvalue weighted by Crippen LogP contribution is 2.34. The van der Waals surface area contributed by atoms with Crippen LogP contribution in [0.1, 0.15) is 25.3 Å². The van der Waals surface area contributed by atoms with Gasteiger partial charge < -0.3 is 20.4 Å². The molecule has 0 saturated carbocycles. The van der Waals surface area contributed by atoms with Gasteiger partial charge in [-0.05, 0) is 44.0 Å². The molecular formula is C25H27N7OS. The number of para-hydroxylation sites is 1. The van der Waals surface area contributed by atoms with Gasteiger partial charge in [-0.3, -0.25) is 0 Å². The van der Waals surface area contributed by atoms with Crippen LogP contribution in [0.2, 0.25) is 0 Å². The minimum Gasteiger partial charge on any atom is -0.496 e. The van der Waals surface area contributed by atoms with Crippen molar-refractivity contribution >= 4 is 29.0 Å². The smallest absolute Gasteiger partial charge is 0.206 e. The first kappa shape index (κ1) is 23.5. The average Bonchev–Trinajstić information content (AvgIpc) is 3.28. The van der Waals surface area contributed by atoms with Gasteiger partial charge in [-0.2, -0.15) is 10.2 Å². The Hall–Kier alpha value is -3.61. The highest BCUT2D eigenvalue weighted by molar-refractivity contribution is 7.99. The van der Waals surface area contributed by atoms with Crippen LogP contribution in [-0.4, -0.2) is 45.7 Å². The number of hydrogen-bond acceptors (Lipinski definition) is 8. The van der Waals surface area contributed by atoms with Gasteiger partial charge in [-0.15, -0.1) is 0 Å². The number of piperidine rings is 1. The molecule has 0 atom stereocenters. The van der Waals surface area contributed by atoms with Gasteiger partial charge in [0.05, 0.1) is 29.8 Å². The molecule has 8 nitrogen and oxygen atoms in total. The van der Waals surface area contributed by atoms with E-state index in [0.29, 0.717) is 16.9 Å². The van der Waals surface area contributed by atoms with Crippen molar-refractivity contribution in [2.45, 2.75) is 35.2 Å². The lowest BCUT2D eigenvalue weighted by molar-refractivity contribution is 0.362. The van der Waals surface area contributed by atoms with E-state index in [-0.39, 0.29) is 5.54 Å². The number of rotatable bonds is 4. The summed E-state index contributed by atoms with van der Waals surface area (Å²) in [5, 5.41) is 9.08. The van der Waals surface area contributed by atoms with Gasteiger partial charge in [0.15, 0.2) is 11.3 Å². The van der Waals surface area contributed by atoms with Crippen LogP contribution in [0.5, 0.6) is 5.75 Å². The summed E-state index contributed by atoms with van der Waals surface area (Å²) in [7, 11) is 1.67. The molecule has 0 bridgehead atoms. The van der Waals surface area contributed by atoms with Gasteiger partial charge in [0, 0.05) is 18.6 Å². The van der Waals surface area contributed by atoms with E-state index in [4.69, 9.17) is 15.7 Å². The quantitative estimate of drug-likeness (QED) is 0.448. The fourth-order valence-corrected chi connectivity index (χ4v) is 4.39. The van der Waals surface area contributed by atoms with Crippen LogP contribution in [0.3, 0.4) is 0 Å². The first-order chi connectivity index (χ1) is 16.5. The molecule has 2 aromatic heterocycles. The summed E-state index contributed by atoms with van der Waals surface area (Å²) in [6.45, 7) is 3.87. The largest absolute Gasteiger partial charge is 0.496 e. The predicted molar refractivity (Wildman–Crippen MR) is 134 cm³/mol. The number of aromatic nitrogens is 4. The fraction of sp³-hybridized carbons (Fsp3) is 0.280. The minimum absolute atomic E-state index is 0.0857. The van der Waals surface area contributed by atoms with E-state index in [1.165, 1.54) is 11.8 Å². The molecule has 174 valence electrons. The van der Waals surface area contributed by atoms with Gasteiger partial charge in [0.1, 0.15) is 10.8 Å². The number of fused-ring (bicyclic) bond motifs is 1. The maximum Gasteiger partial charge on any atom is 0.206 e. The molecule has 0 amide bonds. The van der Waals surface area contributed by atoms with Gasteiger partial charge in [0.25, 0.3) is 0 Å². The number of aromatic amines is 1. The summed E-state index contributed by atoms with van der Waals surface area (Å²) in [6, 6.07) is 19.0. The Labute approximate surface area is 203 Å². The van der Waals surface area contributed by atoms with Gasteiger partial charge >= 0.3 is 0 Å². The molecule has 1 fully saturated rings. The molecule has 3 N–H and O–H groups in total. The molecule has 4 aromatic rings. The molecule has 0 spiro atoms. The fourth-order valence-electron chi connectivity index (χ4n) is 3.52. The molecule has 2 aromatic carbocycles. The van der Waals surface area contributed by atoms with Crippen LogP contribution in [0.15, 0.2) is 70.7 Å². The zero-order valence-electron chi connectivity index (χ0n) is 19.2. The van der Waals surface area contributed by atoms with Crippen LogP contribution in [-0.2, 0) is 0 Å². The molecule has 3 heterocycles. The molecule has 0 unspecified atom stereocenters. The maximum atomic E-state index is 8.29. The van der Waals surface area contributed by atoms with Crippen LogP contribution in [0.4, 0.5) is 5.95 Å². The number of hydrogen-bond donors (Lipinski definition) is 2. The second-order valence-corrected chi connectivity index (χ2v) is 9.37. The molecule has 0 aliphatic carbocycles. The molecule has 5 rings (SSSR count). The summed E-state index contributed by atoms with van der Waals surface area (Å²) in [5.41, 5.74) is 8.17. The van der Waals surface area contributed by atoms with Crippen molar-refractivity contribution in [1.29, 1.82) is 5.26 Å². The first-order valence-corrected chi connectivity index (χ1v) is 11.8. The third-order valence-corrected chi connectivity index (χ3v) is 6.53. The summed E-state index contributed by atoms with van der Waals surface area (Å²) in [4.78, 5) is 20.2. The Morgan fingerprint density at radius 1 is 1.09 bits per heavy atom. The average molecular weight is 474 g/mol. The van der Waals surface area contributed by atoms with Crippen molar-refractivity contribution < 1.29 is 4.74 Å². The molecule has 9 heteroatoms. The normalized spacial score (nSPS) is 14.7. The number of anilines is 1. The van der Waals surface area contributed by atoms with E-state index >= 15 is 0 Å². The number of imidazole rings is 1. The van der Waals surface area contributed by atoms with Crippen molar-refractivity contribution in [3.63, 3.8) is 0 Å².